The molecule has 2 aliphatic heterocycles. The molecule has 3 rings (SSSR count). The lowest BCUT2D eigenvalue weighted by Gasteiger charge is -2.40. The van der Waals surface area contributed by atoms with Gasteiger partial charge in [0.15, 0.2) is 0 Å². The molecule has 0 aliphatic carbocycles. The van der Waals surface area contributed by atoms with Crippen LogP contribution in [0.1, 0.15) is 24.8 Å². The highest BCUT2D eigenvalue weighted by molar-refractivity contribution is 5.36. The van der Waals surface area contributed by atoms with Gasteiger partial charge in [0.05, 0.1) is 18.3 Å². The lowest BCUT2D eigenvalue weighted by molar-refractivity contribution is -0.103. The second-order valence-corrected chi connectivity index (χ2v) is 6.90. The van der Waals surface area contributed by atoms with E-state index < -0.39 is 5.60 Å². The summed E-state index contributed by atoms with van der Waals surface area (Å²) in [6, 6.07) is 4.15. The van der Waals surface area contributed by atoms with Gasteiger partial charge in [0.2, 0.25) is 0 Å². The summed E-state index contributed by atoms with van der Waals surface area (Å²) >= 11 is 0. The van der Waals surface area contributed by atoms with Crippen molar-refractivity contribution in [3.8, 4) is 0 Å². The number of aryl methyl sites for hydroxylation is 1. The second kappa shape index (κ2) is 8.25. The van der Waals surface area contributed by atoms with Crippen molar-refractivity contribution in [2.24, 2.45) is 0 Å². The summed E-state index contributed by atoms with van der Waals surface area (Å²) < 4.78 is 11.3. The Balaban J connectivity index is 1.48. The molecule has 0 aromatic carbocycles. The average Bonchev–Trinajstić information content (AvgIpc) is 2.61. The molecule has 6 heteroatoms. The van der Waals surface area contributed by atoms with Gasteiger partial charge < -0.3 is 19.9 Å². The van der Waals surface area contributed by atoms with Gasteiger partial charge in [-0.25, -0.2) is 4.98 Å². The van der Waals surface area contributed by atoms with E-state index >= 15 is 0 Å². The second-order valence-electron chi connectivity index (χ2n) is 6.90. The number of anilines is 1. The van der Waals surface area contributed by atoms with E-state index in [9.17, 15) is 5.11 Å². The summed E-state index contributed by atoms with van der Waals surface area (Å²) in [6.45, 7) is 4.61. The van der Waals surface area contributed by atoms with Gasteiger partial charge in [-0.3, -0.25) is 4.90 Å². The zero-order valence-corrected chi connectivity index (χ0v) is 14.5. The molecule has 0 spiro atoms. The Morgan fingerprint density at radius 1 is 1.38 bits per heavy atom. The van der Waals surface area contributed by atoms with Crippen molar-refractivity contribution in [3.63, 3.8) is 0 Å². The summed E-state index contributed by atoms with van der Waals surface area (Å²) in [5.41, 5.74) is 0.686. The lowest BCUT2D eigenvalue weighted by Crippen LogP contribution is -2.52. The number of nitrogens with zero attached hydrogens (tertiary/aromatic N) is 2. The van der Waals surface area contributed by atoms with Crippen LogP contribution in [0.15, 0.2) is 18.3 Å². The first-order chi connectivity index (χ1) is 11.7. The lowest BCUT2D eigenvalue weighted by atomic mass is 9.93. The number of hydrogen-bond donors (Lipinski definition) is 2. The SMILES string of the molecule is CNc1cc(CC[C@H]2CN(CC3(O)CCOCC3)CCO2)ccn1. The van der Waals surface area contributed by atoms with Crippen molar-refractivity contribution in [1.29, 1.82) is 0 Å². The predicted octanol–water partition coefficient (Wildman–Crippen LogP) is 1.30. The molecule has 134 valence electrons. The maximum absolute atomic E-state index is 10.7. The summed E-state index contributed by atoms with van der Waals surface area (Å²) in [5.74, 6) is 0.903. The maximum atomic E-state index is 10.7. The molecule has 0 radical (unpaired) electrons. The van der Waals surface area contributed by atoms with E-state index in [1.54, 1.807) is 0 Å². The Bertz CT molecular complexity index is 520. The van der Waals surface area contributed by atoms with Crippen LogP contribution in [0.5, 0.6) is 0 Å². The van der Waals surface area contributed by atoms with Crippen LogP contribution in [0.3, 0.4) is 0 Å². The Morgan fingerprint density at radius 2 is 2.21 bits per heavy atom. The first kappa shape index (κ1) is 17.6. The van der Waals surface area contributed by atoms with Crippen LogP contribution < -0.4 is 5.32 Å². The number of β-amino-alcohol motifs (C(OH)–C–C–N with tert-alkyl or cyclic N) is 1. The summed E-state index contributed by atoms with van der Waals surface area (Å²) in [4.78, 5) is 6.60. The molecule has 6 nitrogen and oxygen atoms in total. The van der Waals surface area contributed by atoms with Crippen molar-refractivity contribution in [1.82, 2.24) is 9.88 Å². The Hall–Kier alpha value is -1.21. The molecule has 1 aromatic heterocycles. The number of rotatable bonds is 6. The van der Waals surface area contributed by atoms with E-state index in [1.165, 1.54) is 5.56 Å². The zero-order valence-electron chi connectivity index (χ0n) is 14.5. The number of nitrogens with one attached hydrogen (secondary N) is 1. The molecule has 1 aromatic rings. The normalized spacial score (nSPS) is 24.7. The molecule has 2 fully saturated rings. The van der Waals surface area contributed by atoms with Gasteiger partial charge in [0, 0.05) is 58.9 Å². The zero-order chi connectivity index (χ0) is 16.8. The Labute approximate surface area is 144 Å². The Kier molecular flexibility index (Phi) is 6.05. The van der Waals surface area contributed by atoms with Crippen LogP contribution in [-0.2, 0) is 15.9 Å². The van der Waals surface area contributed by atoms with Gasteiger partial charge in [-0.05, 0) is 30.5 Å². The summed E-state index contributed by atoms with van der Waals surface area (Å²) in [5, 5.41) is 13.8. The highest BCUT2D eigenvalue weighted by Crippen LogP contribution is 2.23. The summed E-state index contributed by atoms with van der Waals surface area (Å²) in [7, 11) is 1.88. The number of aliphatic hydroxyl groups is 1. The molecule has 0 bridgehead atoms. The number of hydrogen-bond acceptors (Lipinski definition) is 6. The van der Waals surface area contributed by atoms with E-state index in [0.29, 0.717) is 13.2 Å². The number of ether oxygens (including phenoxy) is 2. The molecular formula is C18H29N3O3. The molecule has 2 N–H and O–H groups in total. The Morgan fingerprint density at radius 3 is 3.00 bits per heavy atom. The fourth-order valence-electron chi connectivity index (χ4n) is 3.52. The monoisotopic (exact) mass is 335 g/mol. The molecule has 1 atom stereocenters. The number of pyridine rings is 1. The van der Waals surface area contributed by atoms with Gasteiger partial charge in [0.1, 0.15) is 5.82 Å². The van der Waals surface area contributed by atoms with Crippen molar-refractivity contribution < 1.29 is 14.6 Å². The molecule has 2 aliphatic rings. The topological polar surface area (TPSA) is 66.9 Å². The third kappa shape index (κ3) is 4.89. The smallest absolute Gasteiger partial charge is 0.125 e. The molecule has 0 saturated carbocycles. The highest BCUT2D eigenvalue weighted by Gasteiger charge is 2.33. The van der Waals surface area contributed by atoms with E-state index in [4.69, 9.17) is 9.47 Å². The van der Waals surface area contributed by atoms with Crippen LogP contribution in [0.25, 0.3) is 0 Å². The fraction of sp³-hybridized carbons (Fsp3) is 0.722. The summed E-state index contributed by atoms with van der Waals surface area (Å²) in [6.07, 6.45) is 5.51. The van der Waals surface area contributed by atoms with Crippen LogP contribution in [0.4, 0.5) is 5.82 Å². The van der Waals surface area contributed by atoms with Gasteiger partial charge in [-0.1, -0.05) is 0 Å². The van der Waals surface area contributed by atoms with Gasteiger partial charge in [-0.2, -0.15) is 0 Å². The van der Waals surface area contributed by atoms with Gasteiger partial charge in [-0.15, -0.1) is 0 Å². The minimum atomic E-state index is -0.590. The minimum absolute atomic E-state index is 0.230. The van der Waals surface area contributed by atoms with E-state index in [0.717, 1.165) is 57.7 Å². The van der Waals surface area contributed by atoms with Crippen molar-refractivity contribution in [3.05, 3.63) is 23.9 Å². The molecule has 2 saturated heterocycles. The minimum Gasteiger partial charge on any atom is -0.388 e. The first-order valence-corrected chi connectivity index (χ1v) is 8.94. The molecular weight excluding hydrogens is 306 g/mol. The standard InChI is InChI=1S/C18H29N3O3/c1-19-17-12-15(4-7-20-17)2-3-16-13-21(8-11-24-16)14-18(22)5-9-23-10-6-18/h4,7,12,16,22H,2-3,5-6,8-11,13-14H2,1H3,(H,19,20)/t16-/m0/s1. The molecule has 24 heavy (non-hydrogen) atoms. The first-order valence-electron chi connectivity index (χ1n) is 8.94. The van der Waals surface area contributed by atoms with Crippen molar-refractivity contribution in [2.75, 3.05) is 51.8 Å². The molecule has 3 heterocycles. The highest BCUT2D eigenvalue weighted by atomic mass is 16.5. The fourth-order valence-corrected chi connectivity index (χ4v) is 3.52. The van der Waals surface area contributed by atoms with Crippen LogP contribution in [0.2, 0.25) is 0 Å². The van der Waals surface area contributed by atoms with E-state index in [-0.39, 0.29) is 6.10 Å². The van der Waals surface area contributed by atoms with Crippen molar-refractivity contribution in [2.45, 2.75) is 37.4 Å². The number of morpholine rings is 1. The third-order valence-corrected chi connectivity index (χ3v) is 5.00. The average molecular weight is 335 g/mol. The third-order valence-electron chi connectivity index (χ3n) is 5.00. The maximum Gasteiger partial charge on any atom is 0.125 e. The van der Waals surface area contributed by atoms with Crippen LogP contribution in [-0.4, -0.2) is 73.2 Å². The van der Waals surface area contributed by atoms with E-state index in [1.807, 2.05) is 13.2 Å². The molecule has 0 amide bonds. The van der Waals surface area contributed by atoms with Crippen LogP contribution in [0, 0.1) is 0 Å². The molecule has 0 unspecified atom stereocenters. The quantitative estimate of drug-likeness (QED) is 0.817. The van der Waals surface area contributed by atoms with Gasteiger partial charge in [0.25, 0.3) is 0 Å². The van der Waals surface area contributed by atoms with Gasteiger partial charge >= 0.3 is 0 Å². The van der Waals surface area contributed by atoms with Crippen molar-refractivity contribution >= 4 is 5.82 Å². The largest absolute Gasteiger partial charge is 0.388 e. The van der Waals surface area contributed by atoms with Crippen LogP contribution >= 0.6 is 0 Å². The number of aromatic nitrogens is 1. The predicted molar refractivity (Wildman–Crippen MR) is 93.3 cm³/mol. The van der Waals surface area contributed by atoms with E-state index in [2.05, 4.69) is 27.3 Å².